The molecule has 1 fully saturated rings. The quantitative estimate of drug-likeness (QED) is 0.844. The number of nitrogens with zero attached hydrogens (tertiary/aromatic N) is 2. The van der Waals surface area contributed by atoms with Gasteiger partial charge in [0.15, 0.2) is 0 Å². The molecule has 0 aromatic heterocycles. The molecule has 1 N–H and O–H groups in total. The summed E-state index contributed by atoms with van der Waals surface area (Å²) in [5.41, 5.74) is -0.312. The van der Waals surface area contributed by atoms with Gasteiger partial charge in [0.05, 0.1) is 24.3 Å². The molecule has 0 spiro atoms. The standard InChI is InChI=1S/C15H18F2N2O/c16-12-6-3-7-13(17)15(12)14(20)10-19(9-8-18)11-4-1-2-5-11/h3,6-7,11,14,20H,1-2,4-5,9-10H2. The normalized spacial score (nSPS) is 17.4. The van der Waals surface area contributed by atoms with Gasteiger partial charge in [-0.25, -0.2) is 8.78 Å². The second-order valence-electron chi connectivity index (χ2n) is 5.18. The highest BCUT2D eigenvalue weighted by atomic mass is 19.1. The summed E-state index contributed by atoms with van der Waals surface area (Å²) >= 11 is 0. The molecule has 1 atom stereocenters. The molecular weight excluding hydrogens is 262 g/mol. The fourth-order valence-electron chi connectivity index (χ4n) is 2.85. The molecule has 1 unspecified atom stereocenters. The number of nitriles is 1. The van der Waals surface area contributed by atoms with E-state index in [1.165, 1.54) is 6.07 Å². The van der Waals surface area contributed by atoms with Crippen molar-refractivity contribution in [3.05, 3.63) is 35.4 Å². The summed E-state index contributed by atoms with van der Waals surface area (Å²) in [5, 5.41) is 19.0. The molecule has 20 heavy (non-hydrogen) atoms. The predicted octanol–water partition coefficient (Wildman–Crippen LogP) is 2.77. The van der Waals surface area contributed by atoms with Crippen LogP contribution in [-0.4, -0.2) is 29.1 Å². The zero-order valence-corrected chi connectivity index (χ0v) is 11.2. The van der Waals surface area contributed by atoms with Gasteiger partial charge >= 0.3 is 0 Å². The fraction of sp³-hybridized carbons (Fsp3) is 0.533. The van der Waals surface area contributed by atoms with Gasteiger partial charge < -0.3 is 5.11 Å². The summed E-state index contributed by atoms with van der Waals surface area (Å²) in [6.45, 7) is 0.244. The van der Waals surface area contributed by atoms with Crippen molar-refractivity contribution in [3.8, 4) is 6.07 Å². The van der Waals surface area contributed by atoms with E-state index in [0.717, 1.165) is 37.8 Å². The molecule has 1 aromatic rings. The Morgan fingerprint density at radius 1 is 1.30 bits per heavy atom. The first-order valence-electron chi connectivity index (χ1n) is 6.86. The molecule has 0 amide bonds. The van der Waals surface area contributed by atoms with Crippen LogP contribution in [-0.2, 0) is 0 Å². The molecule has 0 aliphatic heterocycles. The third-order valence-electron chi connectivity index (χ3n) is 3.86. The van der Waals surface area contributed by atoms with E-state index in [9.17, 15) is 13.9 Å². The van der Waals surface area contributed by atoms with Crippen molar-refractivity contribution in [2.24, 2.45) is 0 Å². The SMILES string of the molecule is N#CCN(CC(O)c1c(F)cccc1F)C1CCCC1. The predicted molar refractivity (Wildman–Crippen MR) is 70.8 cm³/mol. The number of hydrogen-bond acceptors (Lipinski definition) is 3. The van der Waals surface area contributed by atoms with Crippen LogP contribution in [0.5, 0.6) is 0 Å². The van der Waals surface area contributed by atoms with Gasteiger partial charge in [-0.05, 0) is 25.0 Å². The van der Waals surface area contributed by atoms with Crippen molar-refractivity contribution in [1.29, 1.82) is 5.26 Å². The smallest absolute Gasteiger partial charge is 0.131 e. The topological polar surface area (TPSA) is 47.3 Å². The molecule has 1 aliphatic rings. The summed E-state index contributed by atoms with van der Waals surface area (Å²) in [6.07, 6.45) is 2.86. The Kier molecular flexibility index (Phi) is 5.05. The molecule has 0 heterocycles. The van der Waals surface area contributed by atoms with Crippen LogP contribution < -0.4 is 0 Å². The lowest BCUT2D eigenvalue weighted by atomic mass is 10.1. The maximum atomic E-state index is 13.6. The molecule has 2 rings (SSSR count). The van der Waals surface area contributed by atoms with Crippen LogP contribution in [0, 0.1) is 23.0 Å². The first-order chi connectivity index (χ1) is 9.63. The van der Waals surface area contributed by atoms with Crippen LogP contribution in [0.2, 0.25) is 0 Å². The van der Waals surface area contributed by atoms with Crippen LogP contribution >= 0.6 is 0 Å². The van der Waals surface area contributed by atoms with Crippen molar-refractivity contribution in [3.63, 3.8) is 0 Å². The highest BCUT2D eigenvalue weighted by Crippen LogP contribution is 2.27. The van der Waals surface area contributed by atoms with E-state index in [0.29, 0.717) is 0 Å². The third-order valence-corrected chi connectivity index (χ3v) is 3.86. The Morgan fingerprint density at radius 3 is 2.45 bits per heavy atom. The molecule has 3 nitrogen and oxygen atoms in total. The van der Waals surface area contributed by atoms with Crippen LogP contribution in [0.3, 0.4) is 0 Å². The number of aliphatic hydroxyl groups excluding tert-OH is 1. The van der Waals surface area contributed by atoms with Gasteiger partial charge in [0.25, 0.3) is 0 Å². The van der Waals surface area contributed by atoms with Gasteiger partial charge in [-0.3, -0.25) is 4.90 Å². The molecule has 0 saturated heterocycles. The van der Waals surface area contributed by atoms with Gasteiger partial charge in [-0.1, -0.05) is 18.9 Å². The second-order valence-corrected chi connectivity index (χ2v) is 5.18. The highest BCUT2D eigenvalue weighted by Gasteiger charge is 2.26. The number of aliphatic hydroxyl groups is 1. The van der Waals surface area contributed by atoms with E-state index in [-0.39, 0.29) is 24.7 Å². The van der Waals surface area contributed by atoms with Crippen molar-refractivity contribution in [1.82, 2.24) is 4.90 Å². The summed E-state index contributed by atoms with van der Waals surface area (Å²) in [4.78, 5) is 1.82. The largest absolute Gasteiger partial charge is 0.387 e. The van der Waals surface area contributed by atoms with Crippen molar-refractivity contribution in [2.75, 3.05) is 13.1 Å². The number of halogens is 2. The lowest BCUT2D eigenvalue weighted by Gasteiger charge is -2.28. The Morgan fingerprint density at radius 2 is 1.90 bits per heavy atom. The van der Waals surface area contributed by atoms with E-state index in [2.05, 4.69) is 6.07 Å². The van der Waals surface area contributed by atoms with Crippen molar-refractivity contribution < 1.29 is 13.9 Å². The summed E-state index contributed by atoms with van der Waals surface area (Å²) in [7, 11) is 0. The van der Waals surface area contributed by atoms with E-state index in [1.54, 1.807) is 0 Å². The minimum atomic E-state index is -1.26. The zero-order valence-electron chi connectivity index (χ0n) is 11.2. The molecule has 0 radical (unpaired) electrons. The first-order valence-corrected chi connectivity index (χ1v) is 6.86. The van der Waals surface area contributed by atoms with Crippen LogP contribution in [0.25, 0.3) is 0 Å². The lowest BCUT2D eigenvalue weighted by molar-refractivity contribution is 0.0914. The molecule has 1 saturated carbocycles. The Hall–Kier alpha value is -1.51. The van der Waals surface area contributed by atoms with Crippen LogP contribution in [0.1, 0.15) is 37.4 Å². The van der Waals surface area contributed by atoms with Gasteiger partial charge in [-0.2, -0.15) is 5.26 Å². The number of rotatable bonds is 5. The Balaban J connectivity index is 2.11. The maximum Gasteiger partial charge on any atom is 0.131 e. The van der Waals surface area contributed by atoms with E-state index in [4.69, 9.17) is 5.26 Å². The van der Waals surface area contributed by atoms with Gasteiger partial charge in [-0.15, -0.1) is 0 Å². The molecule has 1 aromatic carbocycles. The molecule has 5 heteroatoms. The molecular formula is C15H18F2N2O. The molecule has 108 valence electrons. The number of hydrogen-bond donors (Lipinski definition) is 1. The monoisotopic (exact) mass is 280 g/mol. The Labute approximate surface area is 117 Å². The highest BCUT2D eigenvalue weighted by molar-refractivity contribution is 5.22. The van der Waals surface area contributed by atoms with Crippen LogP contribution in [0.4, 0.5) is 8.78 Å². The van der Waals surface area contributed by atoms with Crippen LogP contribution in [0.15, 0.2) is 18.2 Å². The second kappa shape index (κ2) is 6.78. The average molecular weight is 280 g/mol. The van der Waals surface area contributed by atoms with Crippen molar-refractivity contribution >= 4 is 0 Å². The summed E-state index contributed by atoms with van der Waals surface area (Å²) in [5.74, 6) is -1.50. The van der Waals surface area contributed by atoms with E-state index < -0.39 is 17.7 Å². The van der Waals surface area contributed by atoms with E-state index in [1.807, 2.05) is 4.90 Å². The van der Waals surface area contributed by atoms with Gasteiger partial charge in [0.1, 0.15) is 11.6 Å². The minimum absolute atomic E-state index is 0.0794. The first kappa shape index (κ1) is 14.9. The summed E-state index contributed by atoms with van der Waals surface area (Å²) in [6, 6.07) is 5.81. The third kappa shape index (κ3) is 3.33. The van der Waals surface area contributed by atoms with Gasteiger partial charge in [0.2, 0.25) is 0 Å². The molecule has 0 bridgehead atoms. The Bertz CT molecular complexity index is 475. The number of benzene rings is 1. The minimum Gasteiger partial charge on any atom is -0.387 e. The fourth-order valence-corrected chi connectivity index (χ4v) is 2.85. The lowest BCUT2D eigenvalue weighted by Crippen LogP contribution is -2.37. The van der Waals surface area contributed by atoms with Crippen molar-refractivity contribution in [2.45, 2.75) is 37.8 Å². The van der Waals surface area contributed by atoms with E-state index >= 15 is 0 Å². The average Bonchev–Trinajstić information content (AvgIpc) is 2.91. The van der Waals surface area contributed by atoms with Gasteiger partial charge in [0, 0.05) is 12.6 Å². The molecule has 1 aliphatic carbocycles. The zero-order chi connectivity index (χ0) is 14.5. The maximum absolute atomic E-state index is 13.6. The summed E-state index contributed by atoms with van der Waals surface area (Å²) < 4.78 is 27.3.